The highest BCUT2D eigenvalue weighted by Gasteiger charge is 2.51. The molecule has 8 rings (SSSR count). The lowest BCUT2D eigenvalue weighted by Crippen LogP contribution is -2.58. The average molecular weight is 1030 g/mol. The third kappa shape index (κ3) is 12.3. The van der Waals surface area contributed by atoms with Crippen molar-refractivity contribution in [3.63, 3.8) is 0 Å². The van der Waals surface area contributed by atoms with E-state index >= 15 is 0 Å². The smallest absolute Gasteiger partial charge is 0.253 e. The number of aryl methyl sites for hydroxylation is 1. The lowest BCUT2D eigenvalue weighted by atomic mass is 9.85. The molecule has 3 aromatic heterocycles. The lowest BCUT2D eigenvalue weighted by Gasteiger charge is -2.35. The molecule has 1 aliphatic carbocycles. The van der Waals surface area contributed by atoms with Crippen LogP contribution >= 0.6 is 22.7 Å². The number of β-amino-alcohol motifs (C(OH)–C–C–N with tert-alkyl or cyclic N) is 1. The number of rotatable bonds is 17. The van der Waals surface area contributed by atoms with Crippen molar-refractivity contribution in [1.82, 2.24) is 40.1 Å². The van der Waals surface area contributed by atoms with E-state index in [1.54, 1.807) is 22.2 Å². The maximum atomic E-state index is 14.2. The molecule has 2 fully saturated rings. The zero-order valence-corrected chi connectivity index (χ0v) is 42.6. The first-order valence-electron chi connectivity index (χ1n) is 23.2. The number of thiazole rings is 2. The summed E-state index contributed by atoms with van der Waals surface area (Å²) in [4.78, 5) is 91.2. The average Bonchev–Trinajstić information content (AvgIpc) is 3.79. The Morgan fingerprint density at radius 2 is 1.49 bits per heavy atom. The van der Waals surface area contributed by atoms with Gasteiger partial charge in [-0.25, -0.2) is 18.4 Å². The highest BCUT2D eigenvalue weighted by atomic mass is 32.2. The minimum absolute atomic E-state index is 0.0560. The Bertz CT molecular complexity index is 3140. The molecule has 5 atom stereocenters. The van der Waals surface area contributed by atoms with Crippen molar-refractivity contribution in [2.45, 2.75) is 71.8 Å². The highest BCUT2D eigenvalue weighted by Crippen LogP contribution is 2.40. The van der Waals surface area contributed by atoms with Gasteiger partial charge in [0.2, 0.25) is 39.6 Å². The van der Waals surface area contributed by atoms with Crippen LogP contribution < -0.4 is 26.6 Å². The summed E-state index contributed by atoms with van der Waals surface area (Å²) >= 11 is 2.77. The molecule has 6 N–H and O–H groups in total. The fraction of sp³-hybridized carbons (Fsp3) is 0.333. The number of nitrogens with one attached hydrogen (secondary N) is 5. The van der Waals surface area contributed by atoms with Crippen molar-refractivity contribution >= 4 is 73.3 Å². The van der Waals surface area contributed by atoms with E-state index in [-0.39, 0.29) is 44.1 Å². The molecule has 0 bridgehead atoms. The largest absolute Gasteiger partial charge is 0.391 e. The van der Waals surface area contributed by atoms with Gasteiger partial charge in [-0.2, -0.15) is 0 Å². The molecule has 3 aromatic carbocycles. The molecule has 1 saturated heterocycles. The van der Waals surface area contributed by atoms with Gasteiger partial charge in [-0.15, -0.1) is 22.7 Å². The zero-order chi connectivity index (χ0) is 51.5. The van der Waals surface area contributed by atoms with Gasteiger partial charge in [0.05, 0.1) is 58.1 Å². The number of nitrogens with zero attached hydrogens (tertiary/aromatic N) is 4. The van der Waals surface area contributed by atoms with E-state index in [1.165, 1.54) is 34.7 Å². The molecule has 1 aliphatic heterocycles. The highest BCUT2D eigenvalue weighted by molar-refractivity contribution is 7.89. The monoisotopic (exact) mass is 1030 g/mol. The second kappa shape index (κ2) is 21.3. The summed E-state index contributed by atoms with van der Waals surface area (Å²) < 4.78 is 24.3. The van der Waals surface area contributed by atoms with Crippen LogP contribution in [0.3, 0.4) is 0 Å². The maximum Gasteiger partial charge on any atom is 0.253 e. The zero-order valence-electron chi connectivity index (χ0n) is 40.2. The predicted molar refractivity (Wildman–Crippen MR) is 274 cm³/mol. The fourth-order valence-electron chi connectivity index (χ4n) is 8.45. The number of aliphatic hydroxyl groups is 1. The number of amides is 6. The molecule has 376 valence electrons. The lowest BCUT2D eigenvalue weighted by molar-refractivity contribution is -0.144. The van der Waals surface area contributed by atoms with Crippen molar-refractivity contribution in [2.75, 3.05) is 24.7 Å². The number of aliphatic hydroxyl groups excluding tert-OH is 1. The Hall–Kier alpha value is -7.07. The number of likely N-dealkylation sites (tertiary alicyclic amines) is 1. The standard InChI is InChI=1S/C51H55N9O9S3/c1-29-43(71-28-55-29)32-14-12-30(13-15-32)22-53-48(66)41-20-37(61)26-60(41)49(67)44(51(2,3)4)58-47(65)39-21-38(39)46(64)52-23-31-8-6-9-33(18-31)34-10-7-11-35(19-34)40-27-70-50(56-40)57-42(62)24-54-45(63)36-16-17-59(25-36)72(5,68)69/h6-19,25,27-28,37-39,41,44,61H,20-24,26H2,1-5H3,(H,52,64)(H,53,66)(H,54,63)(H,58,65)(H,56,57,62)/t37-,38?,39?,41+,44-/m1/s1. The summed E-state index contributed by atoms with van der Waals surface area (Å²) in [6.45, 7) is 7.42. The van der Waals surface area contributed by atoms with Gasteiger partial charge in [0.15, 0.2) is 5.13 Å². The van der Waals surface area contributed by atoms with Gasteiger partial charge < -0.3 is 36.6 Å². The van der Waals surface area contributed by atoms with E-state index in [1.807, 2.05) is 100 Å². The van der Waals surface area contributed by atoms with E-state index in [9.17, 15) is 42.3 Å². The van der Waals surface area contributed by atoms with Crippen molar-refractivity contribution in [2.24, 2.45) is 17.3 Å². The quantitative estimate of drug-likeness (QED) is 0.0714. The number of carbonyl (C=O) groups is 6. The van der Waals surface area contributed by atoms with Crippen LogP contribution in [0, 0.1) is 24.2 Å². The van der Waals surface area contributed by atoms with Crippen molar-refractivity contribution in [1.29, 1.82) is 0 Å². The maximum absolute atomic E-state index is 14.2. The molecule has 18 nitrogen and oxygen atoms in total. The Balaban J connectivity index is 0.813. The fourth-order valence-corrected chi connectivity index (χ4v) is 10.6. The van der Waals surface area contributed by atoms with Gasteiger partial charge in [0.1, 0.15) is 12.1 Å². The summed E-state index contributed by atoms with van der Waals surface area (Å²) in [6.07, 6.45) is 2.89. The van der Waals surface area contributed by atoms with Crippen molar-refractivity contribution in [3.8, 4) is 32.8 Å². The first-order chi connectivity index (χ1) is 34.2. The van der Waals surface area contributed by atoms with Gasteiger partial charge >= 0.3 is 0 Å². The summed E-state index contributed by atoms with van der Waals surface area (Å²) in [7, 11) is -3.55. The minimum Gasteiger partial charge on any atom is -0.391 e. The molecule has 0 spiro atoms. The number of hydrogen-bond donors (Lipinski definition) is 6. The summed E-state index contributed by atoms with van der Waals surface area (Å²) in [5.41, 5.74) is 7.98. The van der Waals surface area contributed by atoms with Crippen molar-refractivity contribution < 1.29 is 42.3 Å². The van der Waals surface area contributed by atoms with E-state index in [4.69, 9.17) is 0 Å². The Labute approximate surface area is 424 Å². The normalized spacial score (nSPS) is 17.9. The number of aromatic nitrogens is 3. The second-order valence-electron chi connectivity index (χ2n) is 19.1. The van der Waals surface area contributed by atoms with Gasteiger partial charge in [0.25, 0.3) is 5.91 Å². The number of carbonyl (C=O) groups excluding carboxylic acids is 6. The second-order valence-corrected chi connectivity index (χ2v) is 22.7. The van der Waals surface area contributed by atoms with Gasteiger partial charge in [-0.3, -0.25) is 32.7 Å². The van der Waals surface area contributed by atoms with Crippen LogP contribution in [-0.4, -0.2) is 105 Å². The van der Waals surface area contributed by atoms with Gasteiger partial charge in [-0.1, -0.05) is 81.4 Å². The Morgan fingerprint density at radius 3 is 2.18 bits per heavy atom. The SMILES string of the molecule is Cc1ncsc1-c1ccc(CNC(=O)[C@@H]2C[C@@H](O)CN2C(=O)[C@@H](NC(=O)C2CC2C(=O)NCc2cccc(-c3cccc(-c4csc(NC(=O)CNC(=O)c5ccn(S(C)(=O)=O)c5)n4)c3)c2)C(C)(C)C)cc1. The third-order valence-electron chi connectivity index (χ3n) is 12.5. The number of anilines is 1. The third-order valence-corrected chi connectivity index (χ3v) is 15.2. The summed E-state index contributed by atoms with van der Waals surface area (Å²) in [5.74, 6) is -3.93. The molecule has 21 heteroatoms. The summed E-state index contributed by atoms with van der Waals surface area (Å²) in [5, 5.41) is 26.7. The first-order valence-corrected chi connectivity index (χ1v) is 26.8. The molecule has 6 aromatic rings. The van der Waals surface area contributed by atoms with E-state index in [0.29, 0.717) is 17.2 Å². The molecule has 4 heterocycles. The van der Waals surface area contributed by atoms with E-state index in [0.717, 1.165) is 54.2 Å². The van der Waals surface area contributed by atoms with Crippen LogP contribution in [0.1, 0.15) is 60.8 Å². The van der Waals surface area contributed by atoms with Crippen LogP contribution in [0.2, 0.25) is 0 Å². The molecular weight excluding hydrogens is 979 g/mol. The predicted octanol–water partition coefficient (Wildman–Crippen LogP) is 4.95. The molecule has 2 aliphatic rings. The van der Waals surface area contributed by atoms with Crippen LogP contribution in [0.25, 0.3) is 32.8 Å². The van der Waals surface area contributed by atoms with Gasteiger partial charge in [0, 0.05) is 49.4 Å². The molecule has 0 radical (unpaired) electrons. The number of benzene rings is 3. The topological polar surface area (TPSA) is 251 Å². The Kier molecular flexibility index (Phi) is 15.2. The van der Waals surface area contributed by atoms with Crippen LogP contribution in [0.5, 0.6) is 0 Å². The van der Waals surface area contributed by atoms with Crippen molar-refractivity contribution in [3.05, 3.63) is 125 Å². The molecule has 1 saturated carbocycles. The van der Waals surface area contributed by atoms with Gasteiger partial charge in [-0.05, 0) is 64.8 Å². The van der Waals surface area contributed by atoms with Crippen LogP contribution in [-0.2, 0) is 47.1 Å². The Morgan fingerprint density at radius 1 is 0.806 bits per heavy atom. The van der Waals surface area contributed by atoms with Crippen LogP contribution in [0.4, 0.5) is 5.13 Å². The van der Waals surface area contributed by atoms with E-state index in [2.05, 4.69) is 36.6 Å². The molecule has 72 heavy (non-hydrogen) atoms. The van der Waals surface area contributed by atoms with E-state index < -0.39 is 75.0 Å². The first kappa shape index (κ1) is 51.3. The molecule has 6 amide bonds. The summed E-state index contributed by atoms with van der Waals surface area (Å²) in [6, 6.07) is 22.5. The minimum atomic E-state index is -3.55. The molecule has 2 unspecified atom stereocenters. The number of hydrogen-bond acceptors (Lipinski definition) is 13. The van der Waals surface area contributed by atoms with Crippen LogP contribution in [0.15, 0.2) is 102 Å². The molecular formula is C51H55N9O9S3.